The van der Waals surface area contributed by atoms with Crippen LogP contribution in [0.15, 0.2) is 0 Å². The van der Waals surface area contributed by atoms with Crippen LogP contribution in [0.4, 0.5) is 0 Å². The Labute approximate surface area is 241 Å². The molecule has 3 N–H and O–H groups in total. The average molecular weight is 573 g/mol. The average Bonchev–Trinajstić information content (AvgIpc) is 3.10. The van der Waals surface area contributed by atoms with Crippen molar-refractivity contribution < 1.29 is 39.1 Å². The molecule has 0 amide bonds. The number of esters is 1. The van der Waals surface area contributed by atoms with E-state index in [1.54, 1.807) is 6.92 Å². The summed E-state index contributed by atoms with van der Waals surface area (Å²) in [5.41, 5.74) is -2.40. The Kier molecular flexibility index (Phi) is 10.8. The molecule has 40 heavy (non-hydrogen) atoms. The Morgan fingerprint density at radius 2 is 1.75 bits per heavy atom. The molecule has 3 aliphatic heterocycles. The highest BCUT2D eigenvalue weighted by Crippen LogP contribution is 2.46. The van der Waals surface area contributed by atoms with Crippen LogP contribution in [0.1, 0.15) is 74.7 Å². The molecule has 3 saturated heterocycles. The van der Waals surface area contributed by atoms with Crippen LogP contribution >= 0.6 is 0 Å². The number of carbonyl (C=O) groups is 1. The summed E-state index contributed by atoms with van der Waals surface area (Å²) in [5.74, 6) is -1.21. The fourth-order valence-electron chi connectivity index (χ4n) is 7.33. The highest BCUT2D eigenvalue weighted by atomic mass is 16.7. The maximum Gasteiger partial charge on any atom is 0.311 e. The summed E-state index contributed by atoms with van der Waals surface area (Å²) in [6, 6.07) is -0.500. The third-order valence-corrected chi connectivity index (χ3v) is 9.81. The van der Waals surface area contributed by atoms with E-state index >= 15 is 0 Å². The lowest BCUT2D eigenvalue weighted by Gasteiger charge is -2.44. The Bertz CT molecular complexity index is 858. The van der Waals surface area contributed by atoms with Crippen LogP contribution < -0.4 is 0 Å². The Morgan fingerprint density at radius 1 is 1.12 bits per heavy atom. The number of fused-ring (bicyclic) bond motifs is 2. The van der Waals surface area contributed by atoms with Crippen molar-refractivity contribution in [2.24, 2.45) is 17.8 Å². The molecule has 10 nitrogen and oxygen atoms in total. The number of aliphatic hydroxyl groups excluding tert-OH is 2. The number of aliphatic hydroxyl groups is 3. The molecule has 3 fully saturated rings. The molecule has 0 radical (unpaired) electrons. The van der Waals surface area contributed by atoms with Crippen LogP contribution in [0, 0.1) is 17.8 Å². The van der Waals surface area contributed by atoms with Crippen LogP contribution in [0.25, 0.3) is 0 Å². The number of hydrogen-bond donors (Lipinski definition) is 3. The van der Waals surface area contributed by atoms with Gasteiger partial charge in [-0.25, -0.2) is 0 Å². The van der Waals surface area contributed by atoms with E-state index in [-0.39, 0.29) is 24.0 Å². The SMILES string of the molecule is CC[C@H]1OC(=O)[C@H](C)C2O[C@](C)(C[C@@H](C)CN(C)[C@H](C)[C@@H](O)[C@]1(C)O)[C@H](O[C@@H]1O[C@H](C)CC(N(C)C)[C@H]1O)[C@H]2C. The number of likely N-dealkylation sites (N-methyl/N-ethyl adjacent to an activating group) is 2. The molecule has 0 aromatic heterocycles. The minimum atomic E-state index is -1.64. The van der Waals surface area contributed by atoms with E-state index in [1.807, 2.05) is 65.6 Å². The topological polar surface area (TPSA) is 121 Å². The smallest absolute Gasteiger partial charge is 0.311 e. The van der Waals surface area contributed by atoms with Crippen LogP contribution in [-0.4, -0.2) is 125 Å². The van der Waals surface area contributed by atoms with E-state index < -0.39 is 65.9 Å². The molecular formula is C30H56N2O8. The van der Waals surface area contributed by atoms with Gasteiger partial charge in [-0.3, -0.25) is 4.79 Å². The van der Waals surface area contributed by atoms with Crippen molar-refractivity contribution in [1.82, 2.24) is 9.80 Å². The van der Waals surface area contributed by atoms with Crippen molar-refractivity contribution >= 4 is 5.97 Å². The zero-order valence-corrected chi connectivity index (χ0v) is 26.5. The zero-order valence-electron chi connectivity index (χ0n) is 26.5. The van der Waals surface area contributed by atoms with Gasteiger partial charge < -0.3 is 44.1 Å². The van der Waals surface area contributed by atoms with Gasteiger partial charge in [-0.15, -0.1) is 0 Å². The molecule has 3 aliphatic rings. The number of nitrogens with zero attached hydrogens (tertiary/aromatic N) is 2. The van der Waals surface area contributed by atoms with Gasteiger partial charge in [-0.05, 0) is 80.9 Å². The van der Waals surface area contributed by atoms with Gasteiger partial charge in [0.25, 0.3) is 0 Å². The number of cyclic esters (lactones) is 1. The van der Waals surface area contributed by atoms with Gasteiger partial charge in [0.15, 0.2) is 6.29 Å². The first kappa shape index (κ1) is 33.6. The van der Waals surface area contributed by atoms with Gasteiger partial charge in [0.05, 0.1) is 29.8 Å². The fourth-order valence-corrected chi connectivity index (χ4v) is 7.33. The van der Waals surface area contributed by atoms with Gasteiger partial charge in [0.1, 0.15) is 23.9 Å². The molecule has 14 atom stereocenters. The Morgan fingerprint density at radius 3 is 2.33 bits per heavy atom. The molecule has 2 bridgehead atoms. The first-order valence-electron chi connectivity index (χ1n) is 15.1. The third kappa shape index (κ3) is 6.70. The summed E-state index contributed by atoms with van der Waals surface area (Å²) in [7, 11) is 5.82. The summed E-state index contributed by atoms with van der Waals surface area (Å²) in [5, 5.41) is 33.8. The molecular weight excluding hydrogens is 516 g/mol. The van der Waals surface area contributed by atoms with E-state index in [9.17, 15) is 20.1 Å². The third-order valence-electron chi connectivity index (χ3n) is 9.81. The molecule has 0 spiro atoms. The standard InChI is InChI=1S/C30H56N2O8/c1-12-22-30(8,36)25(34)20(6)32(11)15-16(2)14-29(7)26(18(4)24(40-29)19(5)27(35)38-22)39-28-23(33)21(31(9)10)13-17(3)37-28/h16-26,28,33-34,36H,12-15H2,1-11H3/t16-,17-,18+,19-,20-,21?,22-,23-,24?,25-,26-,28+,29-,30-/m1/s1. The molecule has 10 heteroatoms. The van der Waals surface area contributed by atoms with Gasteiger partial charge in [-0.1, -0.05) is 20.8 Å². The molecule has 0 aliphatic carbocycles. The maximum absolute atomic E-state index is 13.5. The largest absolute Gasteiger partial charge is 0.459 e. The van der Waals surface area contributed by atoms with E-state index in [4.69, 9.17) is 18.9 Å². The second kappa shape index (κ2) is 12.8. The quantitative estimate of drug-likeness (QED) is 0.432. The van der Waals surface area contributed by atoms with Crippen molar-refractivity contribution in [3.63, 3.8) is 0 Å². The van der Waals surface area contributed by atoms with Gasteiger partial charge in [-0.2, -0.15) is 0 Å². The zero-order chi connectivity index (χ0) is 30.3. The summed E-state index contributed by atoms with van der Waals surface area (Å²) in [6.07, 6.45) is -3.07. The second-order valence-electron chi connectivity index (χ2n) is 13.7. The number of ether oxygens (including phenoxy) is 4. The number of hydrogen-bond acceptors (Lipinski definition) is 10. The van der Waals surface area contributed by atoms with Crippen LogP contribution in [0.5, 0.6) is 0 Å². The first-order valence-corrected chi connectivity index (χ1v) is 15.1. The van der Waals surface area contributed by atoms with Crippen molar-refractivity contribution in [2.45, 2.75) is 141 Å². The molecule has 234 valence electrons. The van der Waals surface area contributed by atoms with Gasteiger partial charge >= 0.3 is 5.97 Å². The Balaban J connectivity index is 1.97. The van der Waals surface area contributed by atoms with E-state index in [2.05, 4.69) is 6.92 Å². The predicted molar refractivity (Wildman–Crippen MR) is 152 cm³/mol. The van der Waals surface area contributed by atoms with Crippen LogP contribution in [-0.2, 0) is 23.7 Å². The van der Waals surface area contributed by atoms with E-state index in [1.165, 1.54) is 6.92 Å². The lowest BCUT2D eigenvalue weighted by molar-refractivity contribution is -0.283. The highest BCUT2D eigenvalue weighted by molar-refractivity contribution is 5.73. The first-order chi connectivity index (χ1) is 18.4. The second-order valence-corrected chi connectivity index (χ2v) is 13.7. The lowest BCUT2D eigenvalue weighted by Crippen LogP contribution is -2.59. The molecule has 0 aromatic rings. The monoisotopic (exact) mass is 572 g/mol. The van der Waals surface area contributed by atoms with Crippen molar-refractivity contribution in [3.8, 4) is 0 Å². The van der Waals surface area contributed by atoms with E-state index in [0.29, 0.717) is 25.8 Å². The van der Waals surface area contributed by atoms with Crippen LogP contribution in [0.2, 0.25) is 0 Å². The Hall–Kier alpha value is -0.850. The normalized spacial score (nSPS) is 50.0. The summed E-state index contributed by atoms with van der Waals surface area (Å²) >= 11 is 0. The fraction of sp³-hybridized carbons (Fsp3) is 0.967. The molecule has 3 heterocycles. The van der Waals surface area contributed by atoms with Crippen molar-refractivity contribution in [1.29, 1.82) is 0 Å². The maximum atomic E-state index is 13.5. The molecule has 0 saturated carbocycles. The number of rotatable bonds is 4. The molecule has 0 aromatic carbocycles. The molecule has 2 unspecified atom stereocenters. The van der Waals surface area contributed by atoms with Crippen molar-refractivity contribution in [3.05, 3.63) is 0 Å². The van der Waals surface area contributed by atoms with E-state index in [0.717, 1.165) is 0 Å². The number of carbonyl (C=O) groups excluding carboxylic acids is 1. The minimum Gasteiger partial charge on any atom is -0.459 e. The minimum absolute atomic E-state index is 0.0877. The van der Waals surface area contributed by atoms with Crippen molar-refractivity contribution in [2.75, 3.05) is 27.7 Å². The van der Waals surface area contributed by atoms with Gasteiger partial charge in [0.2, 0.25) is 0 Å². The van der Waals surface area contributed by atoms with Crippen LogP contribution in [0.3, 0.4) is 0 Å². The summed E-state index contributed by atoms with van der Waals surface area (Å²) < 4.78 is 25.4. The lowest BCUT2D eigenvalue weighted by atomic mass is 9.82. The summed E-state index contributed by atoms with van der Waals surface area (Å²) in [4.78, 5) is 17.5. The van der Waals surface area contributed by atoms with Gasteiger partial charge in [0, 0.05) is 24.5 Å². The summed E-state index contributed by atoms with van der Waals surface area (Å²) in [6.45, 7) is 15.8. The predicted octanol–water partition coefficient (Wildman–Crippen LogP) is 2.02. The molecule has 3 rings (SSSR count). The highest BCUT2D eigenvalue weighted by Gasteiger charge is 2.56.